The first-order valence-electron chi connectivity index (χ1n) is 11.6. The number of unbranched alkanes of at least 4 members (excludes halogenated alkanes) is 2. The van der Waals surface area contributed by atoms with Gasteiger partial charge in [0.25, 0.3) is 0 Å². The van der Waals surface area contributed by atoms with Crippen LogP contribution in [0.5, 0.6) is 0 Å². The van der Waals surface area contributed by atoms with Crippen molar-refractivity contribution in [2.24, 2.45) is 11.8 Å². The zero-order valence-electron chi connectivity index (χ0n) is 19.4. The molecular weight excluding hydrogens is 396 g/mol. The molecule has 0 bridgehead atoms. The highest BCUT2D eigenvalue weighted by Gasteiger charge is 2.30. The second kappa shape index (κ2) is 13.1. The third-order valence-corrected chi connectivity index (χ3v) is 6.30. The first kappa shape index (κ1) is 26.7. The molecule has 0 aromatic heterocycles. The topological polar surface area (TPSA) is 112 Å². The maximum Gasteiger partial charge on any atom is 0.336 e. The second-order valence-corrected chi connectivity index (χ2v) is 8.46. The van der Waals surface area contributed by atoms with Gasteiger partial charge in [0.1, 0.15) is 0 Å². The zero-order chi connectivity index (χ0) is 23.6. The molecule has 1 aromatic rings. The SMILES string of the molecule is CCCCC(CC)Cc1c(C(=O)O)cc(C(=O)O)c(C(=O)O)c1CC(CC)CCCC. The normalized spacial score (nSPS) is 13.0. The third kappa shape index (κ3) is 7.37. The fourth-order valence-corrected chi connectivity index (χ4v) is 4.31. The van der Waals surface area contributed by atoms with Crippen molar-refractivity contribution in [1.29, 1.82) is 0 Å². The third-order valence-electron chi connectivity index (χ3n) is 6.30. The van der Waals surface area contributed by atoms with Crippen LogP contribution in [0.25, 0.3) is 0 Å². The van der Waals surface area contributed by atoms with Crippen molar-refractivity contribution in [2.75, 3.05) is 0 Å². The highest BCUT2D eigenvalue weighted by Crippen LogP contribution is 2.32. The van der Waals surface area contributed by atoms with Crippen molar-refractivity contribution < 1.29 is 29.7 Å². The Bertz CT molecular complexity index is 768. The zero-order valence-corrected chi connectivity index (χ0v) is 19.4. The quantitative estimate of drug-likeness (QED) is 0.299. The van der Waals surface area contributed by atoms with Crippen LogP contribution in [0.1, 0.15) is 121 Å². The molecule has 0 radical (unpaired) electrons. The van der Waals surface area contributed by atoms with E-state index in [1.165, 1.54) is 0 Å². The highest BCUT2D eigenvalue weighted by molar-refractivity contribution is 6.05. The van der Waals surface area contributed by atoms with Gasteiger partial charge in [-0.3, -0.25) is 0 Å². The van der Waals surface area contributed by atoms with Crippen molar-refractivity contribution in [2.45, 2.75) is 91.9 Å². The van der Waals surface area contributed by atoms with Gasteiger partial charge >= 0.3 is 17.9 Å². The van der Waals surface area contributed by atoms with Crippen LogP contribution < -0.4 is 0 Å². The van der Waals surface area contributed by atoms with Gasteiger partial charge in [-0.1, -0.05) is 79.1 Å². The number of carboxylic acids is 3. The van der Waals surface area contributed by atoms with E-state index in [0.717, 1.165) is 57.4 Å². The Morgan fingerprint density at radius 3 is 1.52 bits per heavy atom. The standard InChI is InChI=1S/C25H38O6/c1-5-9-11-16(7-3)13-18-19(14-17(8-4)12-10-6-2)22(25(30)31)21(24(28)29)15-20(18)23(26)27/h15-17H,5-14H2,1-4H3,(H,26,27)(H,28,29)(H,30,31). The molecule has 0 saturated heterocycles. The molecule has 0 aliphatic heterocycles. The summed E-state index contributed by atoms with van der Waals surface area (Å²) in [4.78, 5) is 36.1. The van der Waals surface area contributed by atoms with Gasteiger partial charge in [0.05, 0.1) is 16.7 Å². The number of carbonyl (C=O) groups is 3. The Kier molecular flexibility index (Phi) is 11.3. The molecule has 0 aliphatic rings. The van der Waals surface area contributed by atoms with Crippen molar-refractivity contribution in [3.05, 3.63) is 33.9 Å². The van der Waals surface area contributed by atoms with Crippen LogP contribution in [0.2, 0.25) is 0 Å². The Hall–Kier alpha value is -2.37. The van der Waals surface area contributed by atoms with E-state index in [1.807, 2.05) is 6.92 Å². The van der Waals surface area contributed by atoms with Gasteiger partial charge in [0.2, 0.25) is 0 Å². The summed E-state index contributed by atoms with van der Waals surface area (Å²) in [6.45, 7) is 8.29. The van der Waals surface area contributed by atoms with Gasteiger partial charge < -0.3 is 15.3 Å². The molecule has 6 heteroatoms. The van der Waals surface area contributed by atoms with E-state index >= 15 is 0 Å². The van der Waals surface area contributed by atoms with E-state index in [0.29, 0.717) is 24.0 Å². The number of hydrogen-bond donors (Lipinski definition) is 3. The van der Waals surface area contributed by atoms with Gasteiger partial charge in [-0.25, -0.2) is 14.4 Å². The van der Waals surface area contributed by atoms with E-state index in [1.54, 1.807) is 0 Å². The Morgan fingerprint density at radius 1 is 0.710 bits per heavy atom. The minimum Gasteiger partial charge on any atom is -0.478 e. The molecule has 6 nitrogen and oxygen atoms in total. The molecule has 0 amide bonds. The summed E-state index contributed by atoms with van der Waals surface area (Å²) in [5.74, 6) is -3.52. The molecule has 31 heavy (non-hydrogen) atoms. The van der Waals surface area contributed by atoms with Crippen molar-refractivity contribution in [3.8, 4) is 0 Å². The Balaban J connectivity index is 3.74. The summed E-state index contributed by atoms with van der Waals surface area (Å²) in [6, 6.07) is 1.05. The fourth-order valence-electron chi connectivity index (χ4n) is 4.31. The molecule has 1 aromatic carbocycles. The molecule has 0 fully saturated rings. The largest absolute Gasteiger partial charge is 0.478 e. The molecule has 174 valence electrons. The molecule has 1 rings (SSSR count). The number of benzene rings is 1. The summed E-state index contributed by atoms with van der Waals surface area (Å²) in [5, 5.41) is 29.5. The molecule has 0 heterocycles. The maximum absolute atomic E-state index is 12.2. The lowest BCUT2D eigenvalue weighted by Gasteiger charge is -2.24. The Labute approximate surface area is 185 Å². The molecular formula is C25H38O6. The van der Waals surface area contributed by atoms with E-state index in [9.17, 15) is 29.7 Å². The van der Waals surface area contributed by atoms with Crippen LogP contribution in [0.4, 0.5) is 0 Å². The minimum absolute atomic E-state index is 0.0716. The van der Waals surface area contributed by atoms with Gasteiger partial charge in [-0.05, 0) is 41.9 Å². The molecule has 0 spiro atoms. The molecule has 2 unspecified atom stereocenters. The van der Waals surface area contributed by atoms with Gasteiger partial charge in [0.15, 0.2) is 0 Å². The summed E-state index contributed by atoms with van der Waals surface area (Å²) >= 11 is 0. The molecule has 3 N–H and O–H groups in total. The van der Waals surface area contributed by atoms with Gasteiger partial charge in [-0.2, -0.15) is 0 Å². The van der Waals surface area contributed by atoms with Crippen LogP contribution in [0.15, 0.2) is 6.07 Å². The molecule has 2 atom stereocenters. The van der Waals surface area contributed by atoms with Crippen LogP contribution in [0, 0.1) is 11.8 Å². The summed E-state index contributed by atoms with van der Waals surface area (Å²) in [5.41, 5.74) is 0.164. The van der Waals surface area contributed by atoms with E-state index in [4.69, 9.17) is 0 Å². The number of carboxylic acid groups (broad SMARTS) is 3. The maximum atomic E-state index is 12.2. The number of hydrogen-bond acceptors (Lipinski definition) is 3. The van der Waals surface area contributed by atoms with E-state index in [-0.39, 0.29) is 23.0 Å². The smallest absolute Gasteiger partial charge is 0.336 e. The lowest BCUT2D eigenvalue weighted by molar-refractivity contribution is 0.0647. The second-order valence-electron chi connectivity index (χ2n) is 8.46. The average molecular weight is 435 g/mol. The summed E-state index contributed by atoms with van der Waals surface area (Å²) < 4.78 is 0. The monoisotopic (exact) mass is 434 g/mol. The first-order chi connectivity index (χ1) is 14.7. The van der Waals surface area contributed by atoms with E-state index < -0.39 is 23.5 Å². The predicted molar refractivity (Wildman–Crippen MR) is 121 cm³/mol. The summed E-state index contributed by atoms with van der Waals surface area (Å²) in [6.07, 6.45) is 8.41. The van der Waals surface area contributed by atoms with E-state index in [2.05, 4.69) is 20.8 Å². The van der Waals surface area contributed by atoms with Gasteiger partial charge in [-0.15, -0.1) is 0 Å². The predicted octanol–water partition coefficient (Wildman–Crippen LogP) is 6.30. The highest BCUT2D eigenvalue weighted by atomic mass is 16.4. The molecule has 0 saturated carbocycles. The Morgan fingerprint density at radius 2 is 1.16 bits per heavy atom. The van der Waals surface area contributed by atoms with Crippen LogP contribution in [-0.2, 0) is 12.8 Å². The van der Waals surface area contributed by atoms with Crippen LogP contribution in [0.3, 0.4) is 0 Å². The minimum atomic E-state index is -1.41. The van der Waals surface area contributed by atoms with Crippen molar-refractivity contribution in [3.63, 3.8) is 0 Å². The van der Waals surface area contributed by atoms with Crippen molar-refractivity contribution in [1.82, 2.24) is 0 Å². The lowest BCUT2D eigenvalue weighted by atomic mass is 9.80. The van der Waals surface area contributed by atoms with Crippen LogP contribution >= 0.6 is 0 Å². The van der Waals surface area contributed by atoms with Gasteiger partial charge in [0, 0.05) is 0 Å². The molecule has 0 aliphatic carbocycles. The van der Waals surface area contributed by atoms with Crippen LogP contribution in [-0.4, -0.2) is 33.2 Å². The lowest BCUT2D eigenvalue weighted by Crippen LogP contribution is -2.21. The first-order valence-corrected chi connectivity index (χ1v) is 11.6. The number of aromatic carboxylic acids is 3. The summed E-state index contributed by atoms with van der Waals surface area (Å²) in [7, 11) is 0. The fraction of sp³-hybridized carbons (Fsp3) is 0.640. The van der Waals surface area contributed by atoms with Crippen molar-refractivity contribution >= 4 is 17.9 Å². The number of rotatable bonds is 15. The average Bonchev–Trinajstić information content (AvgIpc) is 2.73.